The lowest BCUT2D eigenvalue weighted by Gasteiger charge is -2.42. The summed E-state index contributed by atoms with van der Waals surface area (Å²) >= 11 is 6.92. The van der Waals surface area contributed by atoms with Gasteiger partial charge in [-0.1, -0.05) is 60.1 Å². The predicted octanol–water partition coefficient (Wildman–Crippen LogP) is 6.25. The van der Waals surface area contributed by atoms with Gasteiger partial charge in [-0.15, -0.1) is 0 Å². The van der Waals surface area contributed by atoms with Crippen LogP contribution in [0.3, 0.4) is 0 Å². The first kappa shape index (κ1) is 14.3. The van der Waals surface area contributed by atoms with Crippen LogP contribution in [0, 0.1) is 0 Å². The number of nitrogens with zero attached hydrogens (tertiary/aromatic N) is 1. The number of hydrogen-bond donors (Lipinski definition) is 0. The highest BCUT2D eigenvalue weighted by atomic mass is 35.5. The second-order valence-corrected chi connectivity index (χ2v) is 6.13. The van der Waals surface area contributed by atoms with Crippen LogP contribution < -0.4 is 4.48 Å². The van der Waals surface area contributed by atoms with Crippen LogP contribution in [0.1, 0.15) is 5.56 Å². The smallest absolute Gasteiger partial charge is 0.198 e. The predicted molar refractivity (Wildman–Crippen MR) is 99.1 cm³/mol. The zero-order valence-corrected chi connectivity index (χ0v) is 13.4. The van der Waals surface area contributed by atoms with E-state index in [1.165, 1.54) is 11.3 Å². The molecule has 0 spiro atoms. The van der Waals surface area contributed by atoms with Gasteiger partial charge in [-0.25, -0.2) is 4.48 Å². The molecule has 0 N–H and O–H groups in total. The summed E-state index contributed by atoms with van der Waals surface area (Å²) in [6, 6.07) is 29.5. The fourth-order valence-electron chi connectivity index (χ4n) is 3.43. The summed E-state index contributed by atoms with van der Waals surface area (Å²) in [4.78, 5) is 0. The van der Waals surface area contributed by atoms with Crippen molar-refractivity contribution in [2.45, 2.75) is 5.50 Å². The van der Waals surface area contributed by atoms with Crippen LogP contribution in [0.4, 0.5) is 17.1 Å². The van der Waals surface area contributed by atoms with Crippen molar-refractivity contribution in [1.29, 1.82) is 0 Å². The molecule has 1 nitrogen and oxygen atoms in total. The summed E-state index contributed by atoms with van der Waals surface area (Å²) in [6.45, 7) is 0. The van der Waals surface area contributed by atoms with E-state index >= 15 is 0 Å². The maximum atomic E-state index is 6.92. The molecule has 0 fully saturated rings. The normalized spacial score (nSPS) is 18.4. The molecule has 3 aromatic rings. The Morgan fingerprint density at radius 1 is 0.652 bits per heavy atom. The molecule has 1 aliphatic heterocycles. The molecule has 1 unspecified atom stereocenters. The number of fused-ring (bicyclic) bond motifs is 1. The van der Waals surface area contributed by atoms with Crippen molar-refractivity contribution < 1.29 is 0 Å². The maximum Gasteiger partial charge on any atom is 0.198 e. The molecule has 0 radical (unpaired) electrons. The molecule has 3 aromatic carbocycles. The first-order valence-electron chi connectivity index (χ1n) is 7.75. The van der Waals surface area contributed by atoms with E-state index in [1.807, 2.05) is 12.1 Å². The molecule has 1 aliphatic rings. The fraction of sp³-hybridized carbons (Fsp3) is 0.0476. The van der Waals surface area contributed by atoms with Gasteiger partial charge in [0.05, 0.1) is 0 Å². The number of para-hydroxylation sites is 3. The third-order valence-corrected chi connectivity index (χ3v) is 4.89. The Hall–Kier alpha value is -2.35. The van der Waals surface area contributed by atoms with Crippen molar-refractivity contribution in [3.63, 3.8) is 0 Å². The van der Waals surface area contributed by atoms with Crippen LogP contribution in [0.15, 0.2) is 91.0 Å². The average Bonchev–Trinajstić information content (AvgIpc) is 2.63. The van der Waals surface area contributed by atoms with E-state index in [0.717, 1.165) is 11.4 Å². The van der Waals surface area contributed by atoms with Gasteiger partial charge in [-0.2, -0.15) is 0 Å². The Balaban J connectivity index is 2.10. The van der Waals surface area contributed by atoms with Crippen molar-refractivity contribution in [3.8, 4) is 0 Å². The van der Waals surface area contributed by atoms with Crippen molar-refractivity contribution in [3.05, 3.63) is 96.6 Å². The van der Waals surface area contributed by atoms with Crippen LogP contribution in [-0.2, 0) is 0 Å². The molecule has 0 saturated carbocycles. The van der Waals surface area contributed by atoms with Gasteiger partial charge in [0.15, 0.2) is 11.2 Å². The third-order valence-electron chi connectivity index (χ3n) is 4.45. The summed E-state index contributed by atoms with van der Waals surface area (Å²) in [5.74, 6) is 0. The van der Waals surface area contributed by atoms with Crippen LogP contribution >= 0.6 is 11.6 Å². The van der Waals surface area contributed by atoms with Crippen LogP contribution in [0.25, 0.3) is 6.08 Å². The summed E-state index contributed by atoms with van der Waals surface area (Å²) in [5.41, 5.74) is 4.53. The van der Waals surface area contributed by atoms with Gasteiger partial charge in [0.25, 0.3) is 0 Å². The van der Waals surface area contributed by atoms with E-state index in [2.05, 4.69) is 84.9 Å². The molecule has 2 heteroatoms. The van der Waals surface area contributed by atoms with Crippen LogP contribution in [0.2, 0.25) is 0 Å². The monoisotopic (exact) mass is 318 g/mol. The third kappa shape index (κ3) is 2.13. The highest BCUT2D eigenvalue weighted by molar-refractivity contribution is 6.24. The Bertz CT molecular complexity index is 800. The molecule has 1 heterocycles. The molecule has 0 saturated heterocycles. The van der Waals surface area contributed by atoms with Crippen molar-refractivity contribution in [1.82, 2.24) is 4.48 Å². The van der Waals surface area contributed by atoms with E-state index in [-0.39, 0.29) is 5.50 Å². The van der Waals surface area contributed by atoms with Gasteiger partial charge >= 0.3 is 0 Å². The highest BCUT2D eigenvalue weighted by Gasteiger charge is 2.44. The van der Waals surface area contributed by atoms with Gasteiger partial charge in [-0.05, 0) is 18.2 Å². The molecule has 112 valence electrons. The molecule has 4 rings (SSSR count). The van der Waals surface area contributed by atoms with E-state index in [4.69, 9.17) is 11.6 Å². The van der Waals surface area contributed by atoms with Gasteiger partial charge in [0, 0.05) is 35.9 Å². The molecule has 0 amide bonds. The van der Waals surface area contributed by atoms with E-state index in [1.54, 1.807) is 0 Å². The number of halogens is 1. The number of hydrogen-bond acceptors (Lipinski definition) is 0. The minimum Gasteiger partial charge on any atom is -0.208 e. The largest absolute Gasteiger partial charge is 0.208 e. The maximum absolute atomic E-state index is 6.92. The lowest BCUT2D eigenvalue weighted by atomic mass is 10.0. The zero-order chi connectivity index (χ0) is 15.7. The Labute approximate surface area is 141 Å². The molecule has 0 bridgehead atoms. The second-order valence-electron chi connectivity index (χ2n) is 5.68. The van der Waals surface area contributed by atoms with E-state index in [9.17, 15) is 0 Å². The molecule has 1 atom stereocenters. The van der Waals surface area contributed by atoms with Gasteiger partial charge in [0.2, 0.25) is 0 Å². The topological polar surface area (TPSA) is 0 Å². The Morgan fingerprint density at radius 2 is 1.17 bits per heavy atom. The lowest BCUT2D eigenvalue weighted by Crippen LogP contribution is -2.46. The Morgan fingerprint density at radius 3 is 1.78 bits per heavy atom. The number of quaternary nitrogens is 1. The lowest BCUT2D eigenvalue weighted by molar-refractivity contribution is 0.529. The summed E-state index contributed by atoms with van der Waals surface area (Å²) in [7, 11) is 0. The van der Waals surface area contributed by atoms with Crippen LogP contribution in [0.5, 0.6) is 0 Å². The number of alkyl halides is 1. The molecular weight excluding hydrogens is 302 g/mol. The first-order chi connectivity index (χ1) is 11.3. The highest BCUT2D eigenvalue weighted by Crippen LogP contribution is 2.51. The standard InChI is InChI=1S/C21H17ClN/c22-21-16-15-17-9-7-8-14-20(17)23(21,18-10-3-1-4-11-18)19-12-5-2-6-13-19/h1-16,21H/q+1. The summed E-state index contributed by atoms with van der Waals surface area (Å²) < 4.78 is 0.496. The van der Waals surface area contributed by atoms with Gasteiger partial charge in [0.1, 0.15) is 11.4 Å². The first-order valence-corrected chi connectivity index (χ1v) is 8.19. The quantitative estimate of drug-likeness (QED) is 0.297. The Kier molecular flexibility index (Phi) is 3.53. The zero-order valence-electron chi connectivity index (χ0n) is 12.6. The summed E-state index contributed by atoms with van der Waals surface area (Å²) in [6.07, 6.45) is 4.21. The average molecular weight is 319 g/mol. The van der Waals surface area contributed by atoms with Gasteiger partial charge in [-0.3, -0.25) is 0 Å². The minimum absolute atomic E-state index is 0.199. The fourth-order valence-corrected chi connectivity index (χ4v) is 3.84. The molecule has 0 aromatic heterocycles. The SMILES string of the molecule is ClC1C=Cc2ccccc2[N+]1(c1ccccc1)c1ccccc1. The molecule has 0 aliphatic carbocycles. The van der Waals surface area contributed by atoms with Crippen molar-refractivity contribution in [2.24, 2.45) is 0 Å². The number of benzene rings is 3. The van der Waals surface area contributed by atoms with E-state index < -0.39 is 0 Å². The minimum atomic E-state index is -0.199. The van der Waals surface area contributed by atoms with Gasteiger partial charge < -0.3 is 0 Å². The van der Waals surface area contributed by atoms with Crippen molar-refractivity contribution >= 4 is 34.7 Å². The second kappa shape index (κ2) is 5.69. The van der Waals surface area contributed by atoms with Crippen molar-refractivity contribution in [2.75, 3.05) is 0 Å². The molecule has 23 heavy (non-hydrogen) atoms. The summed E-state index contributed by atoms with van der Waals surface area (Å²) in [5, 5.41) is 0. The van der Waals surface area contributed by atoms with E-state index in [0.29, 0.717) is 4.48 Å². The van der Waals surface area contributed by atoms with Crippen LogP contribution in [-0.4, -0.2) is 5.50 Å². The number of rotatable bonds is 2. The molecular formula is C21H17ClN+.